The zero-order valence-electron chi connectivity index (χ0n) is 47.4. The summed E-state index contributed by atoms with van der Waals surface area (Å²) in [6.07, 6.45) is 8.86. The van der Waals surface area contributed by atoms with Gasteiger partial charge < -0.3 is 47.7 Å². The Bertz CT molecular complexity index is 2950. The summed E-state index contributed by atoms with van der Waals surface area (Å²) in [5.41, 5.74) is 3.57. The van der Waals surface area contributed by atoms with Gasteiger partial charge in [-0.05, 0) is 74.6 Å². The summed E-state index contributed by atoms with van der Waals surface area (Å²) in [7, 11) is 6.55. The molecule has 4 saturated heterocycles. The van der Waals surface area contributed by atoms with Crippen molar-refractivity contribution in [2.45, 2.75) is 114 Å². The van der Waals surface area contributed by atoms with Crippen LogP contribution in [0.4, 0.5) is 32.9 Å². The fraction of sp³-hybridized carbons (Fsp3) is 0.517. The third kappa shape index (κ3) is 14.2. The Labute approximate surface area is 485 Å². The van der Waals surface area contributed by atoms with Gasteiger partial charge in [0, 0.05) is 117 Å². The molecular formula is C58H68N12O14. The van der Waals surface area contributed by atoms with Gasteiger partial charge in [0.25, 0.3) is 11.8 Å². The molecule has 0 aromatic carbocycles. The number of likely N-dealkylation sites (N-methyl/N-ethyl adjacent to an activating group) is 2. The third-order valence-electron chi connectivity index (χ3n) is 15.3. The number of carbonyl (C=O) groups is 6. The van der Waals surface area contributed by atoms with Crippen molar-refractivity contribution in [3.63, 3.8) is 0 Å². The minimum atomic E-state index is -0.488. The van der Waals surface area contributed by atoms with Gasteiger partial charge in [-0.25, -0.2) is 29.5 Å². The highest BCUT2D eigenvalue weighted by Gasteiger charge is 2.34. The molecule has 6 atom stereocenters. The van der Waals surface area contributed by atoms with E-state index in [1.54, 1.807) is 38.1 Å². The predicted octanol–water partition coefficient (Wildman–Crippen LogP) is 4.93. The summed E-state index contributed by atoms with van der Waals surface area (Å²) >= 11 is 0. The summed E-state index contributed by atoms with van der Waals surface area (Å²) < 4.78 is 45.2. The second kappa shape index (κ2) is 28.4. The van der Waals surface area contributed by atoms with Gasteiger partial charge >= 0.3 is 12.1 Å². The number of fused-ring (bicyclic) bond motifs is 2. The number of amides is 6. The molecule has 4 aromatic rings. The van der Waals surface area contributed by atoms with Gasteiger partial charge in [-0.15, -0.1) is 0 Å². The molecular weight excluding hydrogens is 1090 g/mol. The molecule has 10 heterocycles. The van der Waals surface area contributed by atoms with Crippen molar-refractivity contribution in [2.24, 2.45) is 0 Å². The molecule has 26 heteroatoms. The van der Waals surface area contributed by atoms with E-state index in [9.17, 15) is 39.3 Å². The van der Waals surface area contributed by atoms with Crippen LogP contribution in [0, 0.1) is 22.7 Å². The van der Waals surface area contributed by atoms with Crippen LogP contribution in [0.25, 0.3) is 0 Å². The van der Waals surface area contributed by atoms with Gasteiger partial charge in [-0.1, -0.05) is 0 Å². The second-order valence-corrected chi connectivity index (χ2v) is 21.0. The molecule has 2 N–H and O–H groups in total. The van der Waals surface area contributed by atoms with E-state index >= 15 is 0 Å². The number of aromatic nitrogens is 4. The van der Waals surface area contributed by atoms with E-state index in [0.717, 1.165) is 24.0 Å². The summed E-state index contributed by atoms with van der Waals surface area (Å²) in [5.74, 6) is 1.39. The Morgan fingerprint density at radius 3 is 1.43 bits per heavy atom. The maximum absolute atomic E-state index is 13.4. The minimum Gasteiger partial charge on any atom is -0.484 e. The molecule has 4 aromatic heterocycles. The first kappa shape index (κ1) is 60.4. The lowest BCUT2D eigenvalue weighted by molar-refractivity contribution is -0.140. The van der Waals surface area contributed by atoms with Crippen LogP contribution < -0.4 is 29.9 Å². The van der Waals surface area contributed by atoms with Crippen LogP contribution in [0.15, 0.2) is 36.7 Å². The number of ether oxygens (including phenoxy) is 8. The third-order valence-corrected chi connectivity index (χ3v) is 15.3. The number of aldehydes is 2. The largest absolute Gasteiger partial charge is 0.484 e. The smallest absolute Gasteiger partial charge is 0.328 e. The topological polar surface area (TPSA) is 312 Å². The van der Waals surface area contributed by atoms with Crippen molar-refractivity contribution >= 4 is 59.7 Å². The number of rotatable bonds is 16. The SMILES string of the molecule is CO[C@@H]1CCOC[C@H]1Oc1cc(NC(=O)N2CCCc3cc(CN(C)C(=O)[C@H]4CCCO4)c(C=O)nc32)ncc1C#N.CO[C@H]1CCOC[C@@H]1Oc1cc(NC(=O)N2CCCc3cc(CN(C)C(=O)[C@H]4CCCO4)c(C=O)nc32)ncc1C#N. The van der Waals surface area contributed by atoms with Gasteiger partial charge in [0.05, 0.1) is 37.8 Å². The van der Waals surface area contributed by atoms with Crippen molar-refractivity contribution in [1.29, 1.82) is 10.5 Å². The molecule has 6 aliphatic rings. The Kier molecular flexibility index (Phi) is 20.4. The fourth-order valence-electron chi connectivity index (χ4n) is 10.9. The number of hydrogen-bond acceptors (Lipinski definition) is 20. The highest BCUT2D eigenvalue weighted by Crippen LogP contribution is 2.33. The molecule has 0 radical (unpaired) electrons. The molecule has 0 aliphatic carbocycles. The number of hydrogen-bond donors (Lipinski definition) is 2. The van der Waals surface area contributed by atoms with E-state index in [1.807, 2.05) is 12.1 Å². The number of nitriles is 2. The van der Waals surface area contributed by atoms with Crippen LogP contribution in [0.2, 0.25) is 0 Å². The Morgan fingerprint density at radius 1 is 0.631 bits per heavy atom. The molecule has 4 fully saturated rings. The summed E-state index contributed by atoms with van der Waals surface area (Å²) in [6.45, 7) is 4.04. The zero-order valence-corrected chi connectivity index (χ0v) is 47.4. The average Bonchev–Trinajstić information content (AvgIpc) is 3.68. The lowest BCUT2D eigenvalue weighted by Gasteiger charge is -2.31. The second-order valence-electron chi connectivity index (χ2n) is 21.0. The molecule has 26 nitrogen and oxygen atoms in total. The van der Waals surface area contributed by atoms with Gasteiger partial charge in [0.15, 0.2) is 12.6 Å². The Hall–Kier alpha value is -8.24. The minimum absolute atomic E-state index is 0.130. The van der Waals surface area contributed by atoms with Crippen molar-refractivity contribution in [3.05, 3.63) is 81.4 Å². The summed E-state index contributed by atoms with van der Waals surface area (Å²) in [6, 6.07) is 9.83. The first-order valence-corrected chi connectivity index (χ1v) is 28.0. The Balaban J connectivity index is 0.000000202. The van der Waals surface area contributed by atoms with E-state index < -0.39 is 36.5 Å². The van der Waals surface area contributed by atoms with E-state index in [-0.39, 0.29) is 82.8 Å². The zero-order chi connectivity index (χ0) is 59.3. The van der Waals surface area contributed by atoms with Crippen molar-refractivity contribution in [3.8, 4) is 23.6 Å². The molecule has 6 amide bonds. The number of methoxy groups -OCH3 is 2. The Morgan fingerprint density at radius 2 is 1.06 bits per heavy atom. The van der Waals surface area contributed by atoms with E-state index in [4.69, 9.17) is 37.9 Å². The number of urea groups is 2. The van der Waals surface area contributed by atoms with Gasteiger partial charge in [-0.3, -0.25) is 39.6 Å². The number of nitrogens with zero attached hydrogens (tertiary/aromatic N) is 10. The molecule has 84 heavy (non-hydrogen) atoms. The molecule has 0 spiro atoms. The molecule has 0 unspecified atom stereocenters. The molecule has 444 valence electrons. The lowest BCUT2D eigenvalue weighted by atomic mass is 10.0. The quantitative estimate of drug-likeness (QED) is 0.140. The average molecular weight is 1160 g/mol. The number of anilines is 4. The highest BCUT2D eigenvalue weighted by molar-refractivity contribution is 6.02. The fourth-order valence-corrected chi connectivity index (χ4v) is 10.9. The number of carbonyl (C=O) groups excluding carboxylic acids is 6. The van der Waals surface area contributed by atoms with Crippen LogP contribution >= 0.6 is 0 Å². The molecule has 6 aliphatic heterocycles. The monoisotopic (exact) mass is 1160 g/mol. The normalized spacial score (nSPS) is 21.6. The number of aryl methyl sites for hydroxylation is 2. The molecule has 0 saturated carbocycles. The van der Waals surface area contributed by atoms with Crippen molar-refractivity contribution < 1.29 is 66.7 Å². The van der Waals surface area contributed by atoms with E-state index in [2.05, 4.69) is 42.7 Å². The van der Waals surface area contributed by atoms with Crippen LogP contribution in [0.1, 0.15) is 106 Å². The lowest BCUT2D eigenvalue weighted by Crippen LogP contribution is -2.42. The van der Waals surface area contributed by atoms with Crippen LogP contribution in [-0.2, 0) is 63.9 Å². The first-order valence-electron chi connectivity index (χ1n) is 28.0. The van der Waals surface area contributed by atoms with Crippen molar-refractivity contribution in [2.75, 3.05) is 101 Å². The molecule has 10 rings (SSSR count). The molecule has 0 bridgehead atoms. The van der Waals surface area contributed by atoms with Crippen LogP contribution in [0.3, 0.4) is 0 Å². The van der Waals surface area contributed by atoms with Crippen LogP contribution in [0.5, 0.6) is 11.5 Å². The summed E-state index contributed by atoms with van der Waals surface area (Å²) in [5, 5.41) is 24.7. The van der Waals surface area contributed by atoms with E-state index in [1.165, 1.54) is 34.3 Å². The maximum atomic E-state index is 13.4. The predicted molar refractivity (Wildman–Crippen MR) is 299 cm³/mol. The summed E-state index contributed by atoms with van der Waals surface area (Å²) in [4.78, 5) is 99.9. The standard InChI is InChI=1S/2C29H34N6O7/c2*1-34(28(37)23-6-4-9-41-23)15-19-11-18-5-3-8-35(27(18)32-21(19)16-36)29(38)33-26-12-24(20(13-30)14-31-26)42-25-17-40-10-7-22(25)39-2/h2*11-12,14,16,22-23,25H,3-10,15,17H2,1-2H3,(H,31,33,38)/t22-,23+,25-;22-,23-,25-/m01/s1. The maximum Gasteiger partial charge on any atom is 0.328 e. The number of nitrogens with one attached hydrogen (secondary N) is 2. The highest BCUT2D eigenvalue weighted by atomic mass is 16.6. The van der Waals surface area contributed by atoms with Gasteiger partial charge in [0.1, 0.15) is 93.8 Å². The van der Waals surface area contributed by atoms with Gasteiger partial charge in [0.2, 0.25) is 0 Å². The number of pyridine rings is 4. The van der Waals surface area contributed by atoms with Crippen molar-refractivity contribution in [1.82, 2.24) is 29.7 Å². The van der Waals surface area contributed by atoms with Crippen LogP contribution in [-0.4, -0.2) is 184 Å². The van der Waals surface area contributed by atoms with Gasteiger partial charge in [-0.2, -0.15) is 10.5 Å². The first-order chi connectivity index (χ1) is 40.8. The van der Waals surface area contributed by atoms with E-state index in [0.29, 0.717) is 139 Å².